The molecule has 2 aromatic carbocycles. The summed E-state index contributed by atoms with van der Waals surface area (Å²) in [6.07, 6.45) is 0. The molecule has 0 bridgehead atoms. The highest BCUT2D eigenvalue weighted by Crippen LogP contribution is 2.20. The standard InChI is InChI=1S/C19H17N3O5/c1-3-27-19(24)16-8-15(9-17(10-16)22(25)26)18(23)21-12(2)14-6-4-13(11-20)5-7-14/h4-10,12H,3H2,1-2H3,(H,21,23). The van der Waals surface area contributed by atoms with Gasteiger partial charge in [-0.15, -0.1) is 0 Å². The fraction of sp³-hybridized carbons (Fsp3) is 0.211. The monoisotopic (exact) mass is 367 g/mol. The van der Waals surface area contributed by atoms with Crippen molar-refractivity contribution in [1.82, 2.24) is 5.32 Å². The minimum atomic E-state index is -0.740. The van der Waals surface area contributed by atoms with Crippen LogP contribution in [0, 0.1) is 21.4 Å². The Labute approximate surface area is 155 Å². The third-order valence-electron chi connectivity index (χ3n) is 3.79. The Hall–Kier alpha value is -3.73. The van der Waals surface area contributed by atoms with Crippen molar-refractivity contribution >= 4 is 17.6 Å². The summed E-state index contributed by atoms with van der Waals surface area (Å²) in [7, 11) is 0. The van der Waals surface area contributed by atoms with Crippen molar-refractivity contribution < 1.29 is 19.2 Å². The third-order valence-corrected chi connectivity index (χ3v) is 3.79. The van der Waals surface area contributed by atoms with Crippen LogP contribution in [0.3, 0.4) is 0 Å². The number of nitro groups is 1. The summed E-state index contributed by atoms with van der Waals surface area (Å²) in [5, 5.41) is 22.7. The number of hydrogen-bond acceptors (Lipinski definition) is 6. The number of nitrogens with one attached hydrogen (secondary N) is 1. The maximum Gasteiger partial charge on any atom is 0.338 e. The molecule has 0 spiro atoms. The summed E-state index contributed by atoms with van der Waals surface area (Å²) in [5.41, 5.74) is 0.792. The van der Waals surface area contributed by atoms with Gasteiger partial charge in [0, 0.05) is 17.7 Å². The molecule has 8 nitrogen and oxygen atoms in total. The van der Waals surface area contributed by atoms with E-state index >= 15 is 0 Å². The van der Waals surface area contributed by atoms with Crippen molar-refractivity contribution in [1.29, 1.82) is 5.26 Å². The smallest absolute Gasteiger partial charge is 0.338 e. The number of non-ortho nitro benzene ring substituents is 1. The van der Waals surface area contributed by atoms with Crippen molar-refractivity contribution in [2.45, 2.75) is 19.9 Å². The molecule has 1 unspecified atom stereocenters. The first kappa shape index (κ1) is 19.6. The lowest BCUT2D eigenvalue weighted by Gasteiger charge is -2.15. The second-order valence-corrected chi connectivity index (χ2v) is 5.68. The van der Waals surface area contributed by atoms with E-state index in [9.17, 15) is 19.7 Å². The summed E-state index contributed by atoms with van der Waals surface area (Å²) in [4.78, 5) is 34.8. The fourth-order valence-corrected chi connectivity index (χ4v) is 2.39. The number of hydrogen-bond donors (Lipinski definition) is 1. The number of amides is 1. The van der Waals surface area contributed by atoms with Gasteiger partial charge in [-0.1, -0.05) is 12.1 Å². The van der Waals surface area contributed by atoms with Crippen LogP contribution < -0.4 is 5.32 Å². The molecule has 1 atom stereocenters. The molecule has 0 saturated heterocycles. The highest BCUT2D eigenvalue weighted by atomic mass is 16.6. The normalized spacial score (nSPS) is 11.1. The zero-order valence-electron chi connectivity index (χ0n) is 14.8. The number of rotatable bonds is 6. The van der Waals surface area contributed by atoms with Gasteiger partial charge < -0.3 is 10.1 Å². The Morgan fingerprint density at radius 2 is 1.85 bits per heavy atom. The first-order valence-electron chi connectivity index (χ1n) is 8.13. The van der Waals surface area contributed by atoms with E-state index < -0.39 is 22.8 Å². The molecule has 0 aromatic heterocycles. The van der Waals surface area contributed by atoms with E-state index in [1.165, 1.54) is 6.07 Å². The largest absolute Gasteiger partial charge is 0.462 e. The van der Waals surface area contributed by atoms with E-state index in [1.807, 2.05) is 6.07 Å². The zero-order chi connectivity index (χ0) is 20.0. The van der Waals surface area contributed by atoms with Crippen LogP contribution in [0.15, 0.2) is 42.5 Å². The highest BCUT2D eigenvalue weighted by molar-refractivity contribution is 5.99. The van der Waals surface area contributed by atoms with Gasteiger partial charge in [0.15, 0.2) is 0 Å². The summed E-state index contributed by atoms with van der Waals surface area (Å²) >= 11 is 0. The lowest BCUT2D eigenvalue weighted by molar-refractivity contribution is -0.384. The van der Waals surface area contributed by atoms with Crippen molar-refractivity contribution in [2.75, 3.05) is 6.61 Å². The maximum atomic E-state index is 12.5. The topological polar surface area (TPSA) is 122 Å². The van der Waals surface area contributed by atoms with Crippen LogP contribution in [-0.2, 0) is 4.74 Å². The van der Waals surface area contributed by atoms with E-state index in [-0.39, 0.29) is 23.4 Å². The van der Waals surface area contributed by atoms with Gasteiger partial charge in [-0.3, -0.25) is 14.9 Å². The van der Waals surface area contributed by atoms with Crippen LogP contribution >= 0.6 is 0 Å². The van der Waals surface area contributed by atoms with E-state index in [1.54, 1.807) is 38.1 Å². The van der Waals surface area contributed by atoms with E-state index in [2.05, 4.69) is 5.32 Å². The average molecular weight is 367 g/mol. The summed E-state index contributed by atoms with van der Waals surface area (Å²) in [5.74, 6) is -1.31. The summed E-state index contributed by atoms with van der Waals surface area (Å²) in [6.45, 7) is 3.46. The molecule has 2 rings (SSSR count). The lowest BCUT2D eigenvalue weighted by Crippen LogP contribution is -2.27. The number of carbonyl (C=O) groups is 2. The van der Waals surface area contributed by atoms with Crippen LogP contribution in [0.25, 0.3) is 0 Å². The van der Waals surface area contributed by atoms with Crippen LogP contribution in [0.4, 0.5) is 5.69 Å². The molecule has 0 saturated carbocycles. The Morgan fingerprint density at radius 3 is 2.41 bits per heavy atom. The molecule has 0 radical (unpaired) electrons. The van der Waals surface area contributed by atoms with Crippen LogP contribution in [0.5, 0.6) is 0 Å². The lowest BCUT2D eigenvalue weighted by atomic mass is 10.0. The second-order valence-electron chi connectivity index (χ2n) is 5.68. The number of ether oxygens (including phenoxy) is 1. The number of nitrogens with zero attached hydrogens (tertiary/aromatic N) is 2. The van der Waals surface area contributed by atoms with Crippen molar-refractivity contribution in [2.24, 2.45) is 0 Å². The number of esters is 1. The molecule has 0 heterocycles. The molecule has 0 aliphatic heterocycles. The molecule has 0 fully saturated rings. The van der Waals surface area contributed by atoms with Gasteiger partial charge in [0.25, 0.3) is 11.6 Å². The molecule has 138 valence electrons. The molecular weight excluding hydrogens is 350 g/mol. The van der Waals surface area contributed by atoms with Crippen LogP contribution in [-0.4, -0.2) is 23.4 Å². The van der Waals surface area contributed by atoms with Gasteiger partial charge in [0.1, 0.15) is 0 Å². The number of carbonyl (C=O) groups excluding carboxylic acids is 2. The van der Waals surface area contributed by atoms with Crippen molar-refractivity contribution in [3.05, 3.63) is 74.8 Å². The first-order chi connectivity index (χ1) is 12.8. The minimum absolute atomic E-state index is 0.0206. The van der Waals surface area contributed by atoms with Gasteiger partial charge in [-0.2, -0.15) is 5.26 Å². The molecule has 8 heteroatoms. The Morgan fingerprint density at radius 1 is 1.22 bits per heavy atom. The Bertz CT molecular complexity index is 916. The quantitative estimate of drug-likeness (QED) is 0.475. The van der Waals surface area contributed by atoms with Gasteiger partial charge >= 0.3 is 5.97 Å². The van der Waals surface area contributed by atoms with Crippen molar-refractivity contribution in [3.8, 4) is 6.07 Å². The molecule has 2 aromatic rings. The fourth-order valence-electron chi connectivity index (χ4n) is 2.39. The molecule has 0 aliphatic carbocycles. The molecule has 1 N–H and O–H groups in total. The molecule has 1 amide bonds. The Balaban J connectivity index is 2.27. The average Bonchev–Trinajstić information content (AvgIpc) is 2.67. The van der Waals surface area contributed by atoms with Gasteiger partial charge in [-0.05, 0) is 37.6 Å². The van der Waals surface area contributed by atoms with Crippen LogP contribution in [0.1, 0.15) is 51.7 Å². The van der Waals surface area contributed by atoms with Crippen LogP contribution in [0.2, 0.25) is 0 Å². The predicted octanol–water partition coefficient (Wildman–Crippen LogP) is 3.13. The second kappa shape index (κ2) is 8.58. The van der Waals surface area contributed by atoms with Gasteiger partial charge in [-0.25, -0.2) is 4.79 Å². The van der Waals surface area contributed by atoms with Gasteiger partial charge in [0.2, 0.25) is 0 Å². The molecule has 0 aliphatic rings. The Kier molecular flexibility index (Phi) is 6.23. The SMILES string of the molecule is CCOC(=O)c1cc(C(=O)NC(C)c2ccc(C#N)cc2)cc([N+](=O)[O-])c1. The minimum Gasteiger partial charge on any atom is -0.462 e. The highest BCUT2D eigenvalue weighted by Gasteiger charge is 2.20. The van der Waals surface area contributed by atoms with Crippen molar-refractivity contribution in [3.63, 3.8) is 0 Å². The number of nitro benzene ring substituents is 1. The third kappa shape index (κ3) is 4.89. The van der Waals surface area contributed by atoms with E-state index in [0.717, 1.165) is 17.7 Å². The van der Waals surface area contributed by atoms with E-state index in [0.29, 0.717) is 5.56 Å². The first-order valence-corrected chi connectivity index (χ1v) is 8.13. The number of nitriles is 1. The predicted molar refractivity (Wildman–Crippen MR) is 96.1 cm³/mol. The maximum absolute atomic E-state index is 12.5. The van der Waals surface area contributed by atoms with Gasteiger partial charge in [0.05, 0.1) is 34.8 Å². The summed E-state index contributed by atoms with van der Waals surface area (Å²) < 4.78 is 4.85. The molecular formula is C19H17N3O5. The summed E-state index contributed by atoms with van der Waals surface area (Å²) in [6, 6.07) is 11.7. The molecule has 27 heavy (non-hydrogen) atoms. The zero-order valence-corrected chi connectivity index (χ0v) is 14.8. The van der Waals surface area contributed by atoms with E-state index in [4.69, 9.17) is 10.00 Å². The number of benzene rings is 2.